The van der Waals surface area contributed by atoms with Gasteiger partial charge in [-0.3, -0.25) is 0 Å². The van der Waals surface area contributed by atoms with Gasteiger partial charge in [-0.05, 0) is 32.6 Å². The van der Waals surface area contributed by atoms with Gasteiger partial charge in [0, 0.05) is 18.5 Å². The summed E-state index contributed by atoms with van der Waals surface area (Å²) in [6.45, 7) is 7.49. The van der Waals surface area contributed by atoms with Crippen LogP contribution in [0.3, 0.4) is 0 Å². The normalized spacial score (nSPS) is 16.1. The highest BCUT2D eigenvalue weighted by atomic mass is 32.1. The number of carboxylic acid groups (broad SMARTS) is 1. The zero-order valence-electron chi connectivity index (χ0n) is 12.6. The molecule has 1 fully saturated rings. The van der Waals surface area contributed by atoms with Crippen LogP contribution >= 0.6 is 11.3 Å². The fourth-order valence-corrected chi connectivity index (χ4v) is 3.40. The summed E-state index contributed by atoms with van der Waals surface area (Å²) in [5, 5.41) is 10.3. The largest absolute Gasteiger partial charge is 0.477 e. The molecule has 0 aliphatic heterocycles. The Balaban J connectivity index is 2.27. The van der Waals surface area contributed by atoms with E-state index in [1.54, 1.807) is 0 Å². The smallest absolute Gasteiger partial charge is 0.347 e. The number of hydrogen-bond acceptors (Lipinski definition) is 4. The average Bonchev–Trinajstić information content (AvgIpc) is 3.18. The second kappa shape index (κ2) is 6.57. The number of nitrogens with zero attached hydrogens (tertiary/aromatic N) is 2. The molecule has 0 aromatic carbocycles. The Labute approximate surface area is 124 Å². The highest BCUT2D eigenvalue weighted by Crippen LogP contribution is 2.44. The number of unbranched alkanes of at least 4 members (excludes halogenated alkanes) is 1. The minimum Gasteiger partial charge on any atom is -0.477 e. The van der Waals surface area contributed by atoms with Crippen LogP contribution in [-0.4, -0.2) is 28.6 Å². The van der Waals surface area contributed by atoms with Gasteiger partial charge >= 0.3 is 5.97 Å². The molecule has 1 atom stereocenters. The van der Waals surface area contributed by atoms with E-state index in [1.807, 2.05) is 0 Å². The maximum Gasteiger partial charge on any atom is 0.347 e. The second-order valence-corrected chi connectivity index (χ2v) is 6.57. The number of aromatic carboxylic acids is 1. The molecule has 1 heterocycles. The molecule has 0 saturated heterocycles. The summed E-state index contributed by atoms with van der Waals surface area (Å²) in [6.07, 6.45) is 5.47. The quantitative estimate of drug-likeness (QED) is 0.784. The number of rotatable bonds is 8. The SMILES string of the molecule is CCCCN(c1nc(C2CC2)c(C(=O)O)s1)C(C)CC. The number of anilines is 1. The van der Waals surface area contributed by atoms with Gasteiger partial charge in [0.1, 0.15) is 4.88 Å². The van der Waals surface area contributed by atoms with Crippen molar-refractivity contribution in [3.63, 3.8) is 0 Å². The third kappa shape index (κ3) is 3.32. The minimum atomic E-state index is -0.824. The molecule has 1 unspecified atom stereocenters. The fraction of sp³-hybridized carbons (Fsp3) is 0.733. The van der Waals surface area contributed by atoms with Crippen molar-refractivity contribution in [3.8, 4) is 0 Å². The van der Waals surface area contributed by atoms with Crippen LogP contribution in [0.15, 0.2) is 0 Å². The van der Waals surface area contributed by atoms with Gasteiger partial charge < -0.3 is 10.0 Å². The number of hydrogen-bond donors (Lipinski definition) is 1. The number of aromatic nitrogens is 1. The van der Waals surface area contributed by atoms with Crippen molar-refractivity contribution in [1.82, 2.24) is 4.98 Å². The molecule has 1 aromatic heterocycles. The molecule has 2 rings (SSSR count). The Bertz CT molecular complexity index is 468. The van der Waals surface area contributed by atoms with E-state index in [4.69, 9.17) is 0 Å². The van der Waals surface area contributed by atoms with Gasteiger partial charge in [0.2, 0.25) is 0 Å². The van der Waals surface area contributed by atoms with Crippen molar-refractivity contribution in [3.05, 3.63) is 10.6 Å². The highest BCUT2D eigenvalue weighted by molar-refractivity contribution is 7.17. The molecule has 0 spiro atoms. The Morgan fingerprint density at radius 3 is 2.70 bits per heavy atom. The predicted molar refractivity (Wildman–Crippen MR) is 83.1 cm³/mol. The van der Waals surface area contributed by atoms with E-state index in [0.29, 0.717) is 16.8 Å². The first-order valence-corrected chi connectivity index (χ1v) is 8.40. The number of carbonyl (C=O) groups is 1. The summed E-state index contributed by atoms with van der Waals surface area (Å²) in [4.78, 5) is 18.8. The summed E-state index contributed by atoms with van der Waals surface area (Å²) in [7, 11) is 0. The first-order valence-electron chi connectivity index (χ1n) is 7.59. The monoisotopic (exact) mass is 296 g/mol. The van der Waals surface area contributed by atoms with Crippen molar-refractivity contribution >= 4 is 22.4 Å². The lowest BCUT2D eigenvalue weighted by atomic mass is 10.2. The topological polar surface area (TPSA) is 53.4 Å². The fourth-order valence-electron chi connectivity index (χ4n) is 2.28. The Morgan fingerprint density at radius 1 is 1.50 bits per heavy atom. The van der Waals surface area contributed by atoms with Crippen LogP contribution < -0.4 is 4.90 Å². The molecule has 1 aliphatic carbocycles. The van der Waals surface area contributed by atoms with Crippen LogP contribution in [0.1, 0.15) is 74.2 Å². The third-order valence-electron chi connectivity index (χ3n) is 3.92. The third-order valence-corrected chi connectivity index (χ3v) is 5.02. The molecule has 5 heteroatoms. The standard InChI is InChI=1S/C15H24N2O2S/c1-4-6-9-17(10(3)5-2)15-16-12(11-7-8-11)13(20-15)14(18)19/h10-11H,4-9H2,1-3H3,(H,18,19). The van der Waals surface area contributed by atoms with Gasteiger partial charge in [-0.25, -0.2) is 9.78 Å². The lowest BCUT2D eigenvalue weighted by molar-refractivity contribution is 0.0700. The number of thiazole rings is 1. The summed E-state index contributed by atoms with van der Waals surface area (Å²) in [6, 6.07) is 0.404. The molecule has 1 aliphatic rings. The molecular formula is C15H24N2O2S. The summed E-state index contributed by atoms with van der Waals surface area (Å²) in [5.41, 5.74) is 0.822. The Kier molecular flexibility index (Phi) is 5.02. The lowest BCUT2D eigenvalue weighted by Gasteiger charge is -2.28. The van der Waals surface area contributed by atoms with Crippen LogP contribution in [0.25, 0.3) is 0 Å². The van der Waals surface area contributed by atoms with Crippen molar-refractivity contribution in [2.24, 2.45) is 0 Å². The van der Waals surface area contributed by atoms with Crippen molar-refractivity contribution < 1.29 is 9.90 Å². The van der Waals surface area contributed by atoms with Crippen molar-refractivity contribution in [2.75, 3.05) is 11.4 Å². The second-order valence-electron chi connectivity index (χ2n) is 5.59. The average molecular weight is 296 g/mol. The molecule has 0 amide bonds. The van der Waals surface area contributed by atoms with Crippen LogP contribution in [0.2, 0.25) is 0 Å². The molecular weight excluding hydrogens is 272 g/mol. The predicted octanol–water partition coefficient (Wildman–Crippen LogP) is 4.12. The molecule has 4 nitrogen and oxygen atoms in total. The Hall–Kier alpha value is -1.10. The Morgan fingerprint density at radius 2 is 2.20 bits per heavy atom. The number of carboxylic acids is 1. The molecule has 20 heavy (non-hydrogen) atoms. The maximum atomic E-state index is 11.4. The van der Waals surface area contributed by atoms with Gasteiger partial charge in [-0.2, -0.15) is 0 Å². The van der Waals surface area contributed by atoms with E-state index in [1.165, 1.54) is 11.3 Å². The van der Waals surface area contributed by atoms with Crippen LogP contribution in [0.5, 0.6) is 0 Å². The molecule has 1 N–H and O–H groups in total. The van der Waals surface area contributed by atoms with Crippen molar-refractivity contribution in [2.45, 2.75) is 64.8 Å². The van der Waals surface area contributed by atoms with Gasteiger partial charge in [0.05, 0.1) is 5.69 Å². The zero-order valence-corrected chi connectivity index (χ0v) is 13.4. The van der Waals surface area contributed by atoms with Gasteiger partial charge in [0.25, 0.3) is 0 Å². The van der Waals surface area contributed by atoms with E-state index in [-0.39, 0.29) is 0 Å². The summed E-state index contributed by atoms with van der Waals surface area (Å²) in [5.74, 6) is -0.439. The van der Waals surface area contributed by atoms with E-state index in [2.05, 4.69) is 30.7 Å². The lowest BCUT2D eigenvalue weighted by Crippen LogP contribution is -2.33. The van der Waals surface area contributed by atoms with Crippen LogP contribution in [-0.2, 0) is 0 Å². The van der Waals surface area contributed by atoms with E-state index in [0.717, 1.165) is 49.5 Å². The highest BCUT2D eigenvalue weighted by Gasteiger charge is 2.33. The first kappa shape index (κ1) is 15.3. The van der Waals surface area contributed by atoms with Crippen LogP contribution in [0.4, 0.5) is 5.13 Å². The van der Waals surface area contributed by atoms with Crippen molar-refractivity contribution in [1.29, 1.82) is 0 Å². The minimum absolute atomic E-state index is 0.385. The zero-order chi connectivity index (χ0) is 14.7. The maximum absolute atomic E-state index is 11.4. The van der Waals surface area contributed by atoms with Gasteiger partial charge in [-0.1, -0.05) is 31.6 Å². The molecule has 1 aromatic rings. The van der Waals surface area contributed by atoms with Crippen LogP contribution in [0, 0.1) is 0 Å². The summed E-state index contributed by atoms with van der Waals surface area (Å²) >= 11 is 1.35. The van der Waals surface area contributed by atoms with Gasteiger partial charge in [-0.15, -0.1) is 0 Å². The van der Waals surface area contributed by atoms with E-state index >= 15 is 0 Å². The molecule has 0 radical (unpaired) electrons. The van der Waals surface area contributed by atoms with E-state index < -0.39 is 5.97 Å². The summed E-state index contributed by atoms with van der Waals surface area (Å²) < 4.78 is 0. The van der Waals surface area contributed by atoms with E-state index in [9.17, 15) is 9.90 Å². The molecule has 1 saturated carbocycles. The molecule has 112 valence electrons. The van der Waals surface area contributed by atoms with Gasteiger partial charge in [0.15, 0.2) is 5.13 Å². The molecule has 0 bridgehead atoms. The first-order chi connectivity index (χ1) is 9.58.